The van der Waals surface area contributed by atoms with E-state index in [0.717, 1.165) is 32.7 Å². The van der Waals surface area contributed by atoms with E-state index in [1.54, 1.807) is 0 Å². The van der Waals surface area contributed by atoms with E-state index in [4.69, 9.17) is 18.9 Å². The van der Waals surface area contributed by atoms with Crippen LogP contribution in [0.5, 0.6) is 0 Å². The topological polar surface area (TPSA) is 40.2 Å². The van der Waals surface area contributed by atoms with Crippen molar-refractivity contribution in [1.29, 1.82) is 0 Å². The van der Waals surface area contributed by atoms with Crippen LogP contribution in [0.25, 0.3) is 0 Å². The van der Waals surface area contributed by atoms with Crippen LogP contribution < -0.4 is 0 Å². The highest BCUT2D eigenvalue weighted by atomic mass is 16.6. The van der Waals surface area contributed by atoms with Crippen LogP contribution in [0.2, 0.25) is 0 Å². The van der Waals surface area contributed by atoms with Gasteiger partial charge in [0.05, 0.1) is 44.7 Å². The Kier molecular flexibility index (Phi) is 5.71. The Morgan fingerprint density at radius 3 is 2.20 bits per heavy atom. The lowest BCUT2D eigenvalue weighted by molar-refractivity contribution is -0.0811. The molecule has 3 atom stereocenters. The lowest BCUT2D eigenvalue weighted by Crippen LogP contribution is -2.29. The maximum atomic E-state index is 5.97. The molecule has 1 heterocycles. The summed E-state index contributed by atoms with van der Waals surface area (Å²) in [6.07, 6.45) is 11.3. The fourth-order valence-electron chi connectivity index (χ4n) is 3.31. The minimum Gasteiger partial charge on any atom is -0.376 e. The smallest absolute Gasteiger partial charge is 0.104 e. The van der Waals surface area contributed by atoms with Crippen molar-refractivity contribution < 1.29 is 18.9 Å². The van der Waals surface area contributed by atoms with Gasteiger partial charge in [0.25, 0.3) is 0 Å². The molecule has 0 aromatic heterocycles. The lowest BCUT2D eigenvalue weighted by atomic mass is 9.98. The van der Waals surface area contributed by atoms with E-state index in [1.165, 1.54) is 38.5 Å². The van der Waals surface area contributed by atoms with Gasteiger partial charge in [0.15, 0.2) is 0 Å². The summed E-state index contributed by atoms with van der Waals surface area (Å²) in [6, 6.07) is 0. The highest BCUT2D eigenvalue weighted by Crippen LogP contribution is 2.26. The molecule has 2 saturated carbocycles. The maximum Gasteiger partial charge on any atom is 0.104 e. The number of rotatable bonds is 8. The Morgan fingerprint density at radius 2 is 1.45 bits per heavy atom. The molecule has 1 saturated heterocycles. The van der Waals surface area contributed by atoms with Gasteiger partial charge in [-0.2, -0.15) is 0 Å². The van der Waals surface area contributed by atoms with Crippen LogP contribution in [-0.4, -0.2) is 50.8 Å². The quantitative estimate of drug-likeness (QED) is 0.507. The maximum absolute atomic E-state index is 5.97. The van der Waals surface area contributed by atoms with Crippen molar-refractivity contribution >= 4 is 0 Å². The monoisotopic (exact) mass is 284 g/mol. The minimum atomic E-state index is 0.267. The molecule has 3 unspecified atom stereocenters. The Balaban J connectivity index is 1.26. The molecule has 3 aliphatic rings. The van der Waals surface area contributed by atoms with Gasteiger partial charge >= 0.3 is 0 Å². The number of epoxide rings is 1. The molecule has 3 rings (SSSR count). The van der Waals surface area contributed by atoms with Gasteiger partial charge in [0.2, 0.25) is 0 Å². The zero-order valence-electron chi connectivity index (χ0n) is 12.4. The standard InChI is InChI=1S/C16H28O4/c1-2-5-13(6-3-1)17-9-10-18-15-7-4-8-16(15)20-12-14-11-19-14/h13-16H,1-12H2. The molecule has 1 aliphatic heterocycles. The third-order valence-electron chi connectivity index (χ3n) is 4.61. The summed E-state index contributed by atoms with van der Waals surface area (Å²) in [7, 11) is 0. The van der Waals surface area contributed by atoms with E-state index in [2.05, 4.69) is 0 Å². The van der Waals surface area contributed by atoms with Crippen molar-refractivity contribution in [2.24, 2.45) is 0 Å². The van der Waals surface area contributed by atoms with Crippen LogP contribution in [-0.2, 0) is 18.9 Å². The Morgan fingerprint density at radius 1 is 0.750 bits per heavy atom. The first-order chi connectivity index (χ1) is 9.92. The highest BCUT2D eigenvalue weighted by Gasteiger charge is 2.31. The number of hydrogen-bond donors (Lipinski definition) is 0. The van der Waals surface area contributed by atoms with Gasteiger partial charge in [-0.05, 0) is 32.1 Å². The lowest BCUT2D eigenvalue weighted by Gasteiger charge is -2.23. The van der Waals surface area contributed by atoms with Crippen molar-refractivity contribution in [2.45, 2.75) is 75.8 Å². The largest absolute Gasteiger partial charge is 0.376 e. The molecule has 0 spiro atoms. The molecular weight excluding hydrogens is 256 g/mol. The predicted molar refractivity (Wildman–Crippen MR) is 75.9 cm³/mol. The van der Waals surface area contributed by atoms with Gasteiger partial charge in [-0.15, -0.1) is 0 Å². The molecule has 116 valence electrons. The van der Waals surface area contributed by atoms with Crippen LogP contribution in [0.15, 0.2) is 0 Å². The van der Waals surface area contributed by atoms with Gasteiger partial charge in [-0.25, -0.2) is 0 Å². The van der Waals surface area contributed by atoms with Crippen LogP contribution in [0.4, 0.5) is 0 Å². The molecule has 4 heteroatoms. The average molecular weight is 284 g/mol. The molecule has 2 aliphatic carbocycles. The van der Waals surface area contributed by atoms with E-state index >= 15 is 0 Å². The molecule has 0 amide bonds. The van der Waals surface area contributed by atoms with Gasteiger partial charge in [0, 0.05) is 0 Å². The zero-order chi connectivity index (χ0) is 13.6. The first kappa shape index (κ1) is 14.8. The molecule has 20 heavy (non-hydrogen) atoms. The Bertz CT molecular complexity index is 274. The number of hydrogen-bond acceptors (Lipinski definition) is 4. The van der Waals surface area contributed by atoms with Crippen LogP contribution in [0, 0.1) is 0 Å². The van der Waals surface area contributed by atoms with Crippen molar-refractivity contribution in [3.8, 4) is 0 Å². The van der Waals surface area contributed by atoms with Crippen molar-refractivity contribution in [2.75, 3.05) is 26.4 Å². The van der Waals surface area contributed by atoms with E-state index in [0.29, 0.717) is 18.8 Å². The van der Waals surface area contributed by atoms with Crippen LogP contribution in [0.1, 0.15) is 51.4 Å². The molecule has 0 aromatic carbocycles. The van der Waals surface area contributed by atoms with Crippen LogP contribution in [0.3, 0.4) is 0 Å². The Hall–Kier alpha value is -0.160. The van der Waals surface area contributed by atoms with Gasteiger partial charge in [-0.3, -0.25) is 0 Å². The third kappa shape index (κ3) is 4.69. The first-order valence-electron chi connectivity index (χ1n) is 8.38. The first-order valence-corrected chi connectivity index (χ1v) is 8.38. The fourth-order valence-corrected chi connectivity index (χ4v) is 3.31. The summed E-state index contributed by atoms with van der Waals surface area (Å²) in [5.74, 6) is 0. The normalized spacial score (nSPS) is 34.5. The summed E-state index contributed by atoms with van der Waals surface area (Å²) in [5.41, 5.74) is 0. The molecule has 0 N–H and O–H groups in total. The second-order valence-corrected chi connectivity index (χ2v) is 6.30. The van der Waals surface area contributed by atoms with Crippen molar-refractivity contribution in [3.63, 3.8) is 0 Å². The zero-order valence-corrected chi connectivity index (χ0v) is 12.4. The van der Waals surface area contributed by atoms with Crippen molar-refractivity contribution in [1.82, 2.24) is 0 Å². The van der Waals surface area contributed by atoms with Gasteiger partial charge in [-0.1, -0.05) is 19.3 Å². The van der Waals surface area contributed by atoms with Crippen molar-refractivity contribution in [3.05, 3.63) is 0 Å². The molecule has 3 fully saturated rings. The van der Waals surface area contributed by atoms with E-state index in [-0.39, 0.29) is 12.2 Å². The average Bonchev–Trinajstić information content (AvgIpc) is 3.21. The summed E-state index contributed by atoms with van der Waals surface area (Å²) in [5, 5.41) is 0. The molecule has 4 nitrogen and oxygen atoms in total. The second kappa shape index (κ2) is 7.74. The van der Waals surface area contributed by atoms with E-state index in [9.17, 15) is 0 Å². The summed E-state index contributed by atoms with van der Waals surface area (Å²) < 4.78 is 22.9. The van der Waals surface area contributed by atoms with Gasteiger partial charge < -0.3 is 18.9 Å². The highest BCUT2D eigenvalue weighted by molar-refractivity contribution is 4.80. The molecular formula is C16H28O4. The summed E-state index contributed by atoms with van der Waals surface area (Å²) in [4.78, 5) is 0. The van der Waals surface area contributed by atoms with Crippen LogP contribution >= 0.6 is 0 Å². The number of ether oxygens (including phenoxy) is 4. The third-order valence-corrected chi connectivity index (χ3v) is 4.61. The Labute approximate surface area is 122 Å². The minimum absolute atomic E-state index is 0.267. The van der Waals surface area contributed by atoms with E-state index < -0.39 is 0 Å². The fraction of sp³-hybridized carbons (Fsp3) is 1.00. The molecule has 0 aromatic rings. The van der Waals surface area contributed by atoms with Gasteiger partial charge in [0.1, 0.15) is 6.10 Å². The SMILES string of the molecule is C1CCC(OCCOC2CCCC2OCC2CO2)CC1. The molecule has 0 radical (unpaired) electrons. The summed E-state index contributed by atoms with van der Waals surface area (Å²) >= 11 is 0. The predicted octanol–water partition coefficient (Wildman–Crippen LogP) is 2.69. The van der Waals surface area contributed by atoms with E-state index in [1.807, 2.05) is 0 Å². The second-order valence-electron chi connectivity index (χ2n) is 6.30. The molecule has 0 bridgehead atoms. The summed E-state index contributed by atoms with van der Waals surface area (Å²) in [6.45, 7) is 3.05.